The highest BCUT2D eigenvalue weighted by Crippen LogP contribution is 2.29. The third-order valence-corrected chi connectivity index (χ3v) is 4.32. The van der Waals surface area contributed by atoms with Crippen molar-refractivity contribution in [2.45, 2.75) is 20.0 Å². The molecule has 0 fully saturated rings. The molecule has 0 N–H and O–H groups in total. The lowest BCUT2D eigenvalue weighted by atomic mass is 10.2. The Labute approximate surface area is 171 Å². The summed E-state index contributed by atoms with van der Waals surface area (Å²) in [6.45, 7) is 3.68. The van der Waals surface area contributed by atoms with Crippen molar-refractivity contribution >= 4 is 39.7 Å². The van der Waals surface area contributed by atoms with E-state index in [-0.39, 0.29) is 6.08 Å². The molecule has 0 aliphatic heterocycles. The molecule has 148 valence electrons. The second-order valence-corrected chi connectivity index (χ2v) is 6.65. The highest BCUT2D eigenvalue weighted by atomic mass is 35.5. The van der Waals surface area contributed by atoms with E-state index in [0.717, 1.165) is 10.9 Å². The van der Waals surface area contributed by atoms with Gasteiger partial charge in [0, 0.05) is 10.4 Å². The van der Waals surface area contributed by atoms with Gasteiger partial charge in [-0.2, -0.15) is 4.98 Å². The molecule has 4 aromatic rings. The summed E-state index contributed by atoms with van der Waals surface area (Å²) in [7, 11) is 0. The molecule has 0 saturated carbocycles. The largest absolute Gasteiger partial charge is 0.479 e. The van der Waals surface area contributed by atoms with Crippen LogP contribution in [0.5, 0.6) is 17.6 Å². The zero-order valence-corrected chi connectivity index (χ0v) is 16.5. The molecule has 0 radical (unpaired) electrons. The molecule has 0 aliphatic rings. The highest BCUT2D eigenvalue weighted by molar-refractivity contribution is 6.31. The number of oxazole rings is 1. The molecule has 2 aromatic carbocycles. The van der Waals surface area contributed by atoms with E-state index in [9.17, 15) is 4.79 Å². The number of nitrogens with zero attached hydrogens (tertiary/aromatic N) is 2. The van der Waals surface area contributed by atoms with Gasteiger partial charge in [-0.1, -0.05) is 17.7 Å². The molecule has 1 unspecified atom stereocenters. The van der Waals surface area contributed by atoms with Gasteiger partial charge < -0.3 is 18.6 Å². The number of carbonyl (C=O) groups excluding carboxylic acids is 1. The molecule has 29 heavy (non-hydrogen) atoms. The lowest BCUT2D eigenvalue weighted by Crippen LogP contribution is -2.25. The fraction of sp³-hybridized carbons (Fsp3) is 0.190. The molecule has 2 heterocycles. The fourth-order valence-corrected chi connectivity index (χ4v) is 2.88. The number of carbonyl (C=O) groups is 1. The van der Waals surface area contributed by atoms with Gasteiger partial charge in [-0.3, -0.25) is 0 Å². The van der Waals surface area contributed by atoms with Crippen LogP contribution in [0.3, 0.4) is 0 Å². The molecule has 8 heteroatoms. The van der Waals surface area contributed by atoms with Crippen molar-refractivity contribution in [2.75, 3.05) is 6.61 Å². The zero-order chi connectivity index (χ0) is 20.4. The predicted octanol–water partition coefficient (Wildman–Crippen LogP) is 5.15. The van der Waals surface area contributed by atoms with Crippen molar-refractivity contribution < 1.29 is 23.4 Å². The maximum absolute atomic E-state index is 11.6. The highest BCUT2D eigenvalue weighted by Gasteiger charge is 2.16. The maximum atomic E-state index is 11.6. The average molecular weight is 413 g/mol. The number of aromatic nitrogens is 2. The normalized spacial score (nSPS) is 12.1. The molecule has 0 amide bonds. The molecule has 2 aromatic heterocycles. The van der Waals surface area contributed by atoms with Gasteiger partial charge in [0.2, 0.25) is 5.65 Å². The Bertz CT molecular complexity index is 1170. The minimum Gasteiger partial charge on any atom is -0.479 e. The van der Waals surface area contributed by atoms with E-state index in [4.69, 9.17) is 30.2 Å². The van der Waals surface area contributed by atoms with E-state index in [1.807, 2.05) is 12.1 Å². The van der Waals surface area contributed by atoms with Crippen molar-refractivity contribution in [1.82, 2.24) is 9.97 Å². The van der Waals surface area contributed by atoms with E-state index < -0.39 is 12.1 Å². The third-order valence-electron chi connectivity index (χ3n) is 4.08. The summed E-state index contributed by atoms with van der Waals surface area (Å²) in [4.78, 5) is 20.4. The molecule has 0 saturated heterocycles. The quantitative estimate of drug-likeness (QED) is 0.405. The van der Waals surface area contributed by atoms with Gasteiger partial charge in [0.1, 0.15) is 11.5 Å². The number of hydrogen-bond donors (Lipinski definition) is 0. The first kappa shape index (κ1) is 19.0. The summed E-state index contributed by atoms with van der Waals surface area (Å²) in [6, 6.07) is 14.0. The molecule has 1 atom stereocenters. The van der Waals surface area contributed by atoms with Crippen LogP contribution in [0.1, 0.15) is 13.8 Å². The molecule has 0 spiro atoms. The first-order valence-electron chi connectivity index (χ1n) is 9.00. The predicted molar refractivity (Wildman–Crippen MR) is 108 cm³/mol. The SMILES string of the molecule is CCOC(=O)C(C)Oc1ccc(Oc2nc3nc4cc(Cl)ccc4cc3o2)cc1. The number of benzene rings is 2. The lowest BCUT2D eigenvalue weighted by molar-refractivity contribution is -0.150. The second kappa shape index (κ2) is 7.97. The van der Waals surface area contributed by atoms with Crippen molar-refractivity contribution in [1.29, 1.82) is 0 Å². The van der Waals surface area contributed by atoms with Crippen LogP contribution in [0.2, 0.25) is 5.02 Å². The summed E-state index contributed by atoms with van der Waals surface area (Å²) in [5, 5.41) is 1.49. The van der Waals surface area contributed by atoms with E-state index >= 15 is 0 Å². The van der Waals surface area contributed by atoms with Gasteiger partial charge in [0.05, 0.1) is 12.1 Å². The summed E-state index contributed by atoms with van der Waals surface area (Å²) in [5.74, 6) is 0.598. The third kappa shape index (κ3) is 4.25. The van der Waals surface area contributed by atoms with Gasteiger partial charge >= 0.3 is 12.0 Å². The van der Waals surface area contributed by atoms with E-state index in [0.29, 0.717) is 34.4 Å². The number of halogens is 1. The first-order chi connectivity index (χ1) is 14.0. The molecule has 0 bridgehead atoms. The van der Waals surface area contributed by atoms with Gasteiger partial charge in [-0.25, -0.2) is 9.78 Å². The Morgan fingerprint density at radius 2 is 1.86 bits per heavy atom. The van der Waals surface area contributed by atoms with Crippen molar-refractivity contribution in [3.63, 3.8) is 0 Å². The molecule has 4 rings (SSSR count). The number of ether oxygens (including phenoxy) is 3. The smallest absolute Gasteiger partial charge is 0.401 e. The van der Waals surface area contributed by atoms with E-state index in [1.165, 1.54) is 0 Å². The van der Waals surface area contributed by atoms with E-state index in [1.54, 1.807) is 50.2 Å². The molecule has 7 nitrogen and oxygen atoms in total. The van der Waals surface area contributed by atoms with Crippen LogP contribution in [0.15, 0.2) is 52.9 Å². The van der Waals surface area contributed by atoms with Crippen molar-refractivity contribution in [2.24, 2.45) is 0 Å². The average Bonchev–Trinajstić information content (AvgIpc) is 3.08. The van der Waals surface area contributed by atoms with Gasteiger partial charge in [-0.05, 0) is 56.3 Å². The van der Waals surface area contributed by atoms with Crippen LogP contribution in [0, 0.1) is 0 Å². The minimum absolute atomic E-state index is 0.0717. The summed E-state index contributed by atoms with van der Waals surface area (Å²) in [5.41, 5.74) is 1.66. The number of fused-ring (bicyclic) bond motifs is 2. The van der Waals surface area contributed by atoms with Crippen LogP contribution < -0.4 is 9.47 Å². The van der Waals surface area contributed by atoms with Crippen LogP contribution >= 0.6 is 11.6 Å². The molecular formula is C21H17ClN2O5. The van der Waals surface area contributed by atoms with Crippen LogP contribution in [-0.4, -0.2) is 28.6 Å². The maximum Gasteiger partial charge on any atom is 0.401 e. The second-order valence-electron chi connectivity index (χ2n) is 6.21. The Morgan fingerprint density at radius 1 is 1.10 bits per heavy atom. The Balaban J connectivity index is 1.49. The van der Waals surface area contributed by atoms with Crippen LogP contribution in [0.25, 0.3) is 22.1 Å². The number of hydrogen-bond acceptors (Lipinski definition) is 7. The van der Waals surface area contributed by atoms with Crippen LogP contribution in [-0.2, 0) is 9.53 Å². The Morgan fingerprint density at radius 3 is 2.62 bits per heavy atom. The molecular weight excluding hydrogens is 396 g/mol. The summed E-state index contributed by atoms with van der Waals surface area (Å²) < 4.78 is 21.8. The van der Waals surface area contributed by atoms with Crippen molar-refractivity contribution in [3.05, 3.63) is 53.6 Å². The summed E-state index contributed by atoms with van der Waals surface area (Å²) >= 11 is 6.02. The standard InChI is InChI=1S/C21H17ClN2O5/c1-3-26-20(25)12(2)27-15-6-8-16(9-7-15)28-21-24-19-18(29-21)10-13-4-5-14(22)11-17(13)23-19/h4-12H,3H2,1-2H3. The number of pyridine rings is 1. The Hall–Kier alpha value is -3.32. The van der Waals surface area contributed by atoms with Gasteiger partial charge in [0.15, 0.2) is 11.7 Å². The molecule has 0 aliphatic carbocycles. The lowest BCUT2D eigenvalue weighted by Gasteiger charge is -2.13. The van der Waals surface area contributed by atoms with E-state index in [2.05, 4.69) is 9.97 Å². The Kier molecular flexibility index (Phi) is 5.22. The topological polar surface area (TPSA) is 83.7 Å². The fourth-order valence-electron chi connectivity index (χ4n) is 2.71. The van der Waals surface area contributed by atoms with Gasteiger partial charge in [0.25, 0.3) is 0 Å². The number of rotatable bonds is 6. The number of esters is 1. The first-order valence-corrected chi connectivity index (χ1v) is 9.37. The zero-order valence-electron chi connectivity index (χ0n) is 15.7. The van der Waals surface area contributed by atoms with Crippen LogP contribution in [0.4, 0.5) is 0 Å². The summed E-state index contributed by atoms with van der Waals surface area (Å²) in [6.07, 6.45) is -0.630. The van der Waals surface area contributed by atoms with Gasteiger partial charge in [-0.15, -0.1) is 0 Å². The van der Waals surface area contributed by atoms with Crippen molar-refractivity contribution in [3.8, 4) is 17.6 Å². The minimum atomic E-state index is -0.701. The monoisotopic (exact) mass is 412 g/mol.